The van der Waals surface area contributed by atoms with Crippen LogP contribution in [0.15, 0.2) is 79.0 Å². The maximum absolute atomic E-state index is 4.83. The minimum Gasteiger partial charge on any atom is -0.360 e. The third kappa shape index (κ3) is 2.47. The van der Waals surface area contributed by atoms with Crippen LogP contribution in [0.25, 0.3) is 65.0 Å². The number of H-pyrrole nitrogens is 2. The van der Waals surface area contributed by atoms with Gasteiger partial charge in [0.05, 0.1) is 11.0 Å². The third-order valence-electron chi connectivity index (χ3n) is 7.99. The fraction of sp³-hybridized carbons (Fsp3) is 0.0938. The molecule has 0 unspecified atom stereocenters. The molecule has 0 aliphatic heterocycles. The fourth-order valence-corrected chi connectivity index (χ4v) is 6.99. The molecule has 36 heavy (non-hydrogen) atoms. The molecule has 2 heterocycles. The molecule has 0 saturated heterocycles. The van der Waals surface area contributed by atoms with Gasteiger partial charge in [-0.05, 0) is 51.2 Å². The number of rotatable bonds is 2. The zero-order valence-electron chi connectivity index (χ0n) is 20.1. The average Bonchev–Trinajstić information content (AvgIpc) is 3.56. The minimum absolute atomic E-state index is 0.994. The van der Waals surface area contributed by atoms with Crippen molar-refractivity contribution >= 4 is 76.8 Å². The Bertz CT molecular complexity index is 2240. The van der Waals surface area contributed by atoms with Gasteiger partial charge in [-0.3, -0.25) is 5.10 Å². The number of nitrogens with zero attached hydrogens (tertiary/aromatic N) is 1. The number of hydrogen-bond donors (Lipinski definition) is 2. The Labute approximate surface area is 211 Å². The highest BCUT2D eigenvalue weighted by atomic mass is 32.2. The molecule has 0 aliphatic carbocycles. The molecule has 2 aromatic heterocycles. The summed E-state index contributed by atoms with van der Waals surface area (Å²) in [5.41, 5.74) is 6.07. The zero-order chi connectivity index (χ0) is 24.0. The van der Waals surface area contributed by atoms with E-state index in [-0.39, 0.29) is 0 Å². The van der Waals surface area contributed by atoms with E-state index in [0.29, 0.717) is 0 Å². The van der Waals surface area contributed by atoms with E-state index in [4.69, 9.17) is 5.10 Å². The molecule has 8 rings (SSSR count). The van der Waals surface area contributed by atoms with Crippen LogP contribution in [0.5, 0.6) is 0 Å². The molecule has 0 aliphatic rings. The zero-order valence-corrected chi connectivity index (χ0v) is 20.9. The highest BCUT2D eigenvalue weighted by Gasteiger charge is 2.17. The Morgan fingerprint density at radius 3 is 2.17 bits per heavy atom. The lowest BCUT2D eigenvalue weighted by Gasteiger charge is -2.12. The summed E-state index contributed by atoms with van der Waals surface area (Å²) in [5, 5.41) is 22.2. The van der Waals surface area contributed by atoms with Crippen LogP contribution in [0.3, 0.4) is 0 Å². The summed E-state index contributed by atoms with van der Waals surface area (Å²) in [4.78, 5) is 3.67. The van der Waals surface area contributed by atoms with Crippen LogP contribution in [-0.4, -0.2) is 21.4 Å². The quantitative estimate of drug-likeness (QED) is 0.243. The van der Waals surface area contributed by atoms with Crippen molar-refractivity contribution in [3.05, 3.63) is 101 Å². The van der Waals surface area contributed by atoms with Gasteiger partial charge in [0.1, 0.15) is 5.52 Å². The van der Waals surface area contributed by atoms with Gasteiger partial charge in [0.25, 0.3) is 0 Å². The highest BCUT2D eigenvalue weighted by Crippen LogP contribution is 2.40. The summed E-state index contributed by atoms with van der Waals surface area (Å²) in [6.45, 7) is 2.22. The van der Waals surface area contributed by atoms with Crippen molar-refractivity contribution in [3.8, 4) is 0 Å². The molecule has 8 aromatic rings. The van der Waals surface area contributed by atoms with Gasteiger partial charge in [0.2, 0.25) is 0 Å². The number of hydrogen-bond acceptors (Lipinski definition) is 2. The van der Waals surface area contributed by atoms with Crippen molar-refractivity contribution in [1.29, 1.82) is 0 Å². The van der Waals surface area contributed by atoms with E-state index < -0.39 is 0 Å². The van der Waals surface area contributed by atoms with Gasteiger partial charge in [-0.15, -0.1) is 0 Å². The molecular formula is C32H23N3S. The number of thioether (sulfide) groups is 1. The summed E-state index contributed by atoms with van der Waals surface area (Å²) in [6.07, 6.45) is 4.37. The van der Waals surface area contributed by atoms with Gasteiger partial charge in [0.15, 0.2) is 0 Å². The molecule has 0 spiro atoms. The topological polar surface area (TPSA) is 44.5 Å². The van der Waals surface area contributed by atoms with E-state index in [1.165, 1.54) is 75.6 Å². The summed E-state index contributed by atoms with van der Waals surface area (Å²) in [7, 11) is 0. The first-order chi connectivity index (χ1) is 17.8. The number of nitrogens with one attached hydrogen (secondary N) is 2. The predicted molar refractivity (Wildman–Crippen MR) is 155 cm³/mol. The molecule has 0 radical (unpaired) electrons. The second-order valence-corrected chi connectivity index (χ2v) is 10.6. The molecule has 3 nitrogen and oxygen atoms in total. The van der Waals surface area contributed by atoms with Crippen molar-refractivity contribution in [1.82, 2.24) is 15.2 Å². The van der Waals surface area contributed by atoms with Crippen molar-refractivity contribution in [3.63, 3.8) is 0 Å². The molecule has 4 heteroatoms. The first-order valence-corrected chi connectivity index (χ1v) is 13.7. The largest absolute Gasteiger partial charge is 0.360 e. The smallest absolute Gasteiger partial charge is 0.101 e. The molecule has 2 N–H and O–H groups in total. The number of aromatic nitrogens is 3. The molecule has 0 atom stereocenters. The maximum Gasteiger partial charge on any atom is 0.101 e. The standard InChI is InChI=1S/C32H23N3S/c1-17-18-7-3-6-10-23(18)31-29-19(17)11-13-25(32(29)35-34-31)24-14-12-22-27(16-36-2)21-9-5-4-8-20(21)26-15-33-30(24)28(22)26/h3-15,33H,16H2,1-2H3,(H,34,35)/b25-24+. The Kier molecular flexibility index (Phi) is 4.07. The van der Waals surface area contributed by atoms with Crippen molar-refractivity contribution in [2.45, 2.75) is 12.7 Å². The summed E-state index contributed by atoms with van der Waals surface area (Å²) < 4.78 is 0. The average molecular weight is 482 g/mol. The lowest BCUT2D eigenvalue weighted by atomic mass is 9.93. The van der Waals surface area contributed by atoms with Gasteiger partial charge in [-0.1, -0.05) is 72.8 Å². The molecule has 0 amide bonds. The number of benzene rings is 6. The van der Waals surface area contributed by atoms with E-state index >= 15 is 0 Å². The molecule has 6 aromatic carbocycles. The van der Waals surface area contributed by atoms with Crippen LogP contribution < -0.4 is 0 Å². The van der Waals surface area contributed by atoms with E-state index in [0.717, 1.165) is 16.8 Å². The predicted octanol–water partition coefficient (Wildman–Crippen LogP) is 8.55. The van der Waals surface area contributed by atoms with E-state index in [2.05, 4.69) is 102 Å². The van der Waals surface area contributed by atoms with Crippen LogP contribution >= 0.6 is 11.8 Å². The highest BCUT2D eigenvalue weighted by molar-refractivity contribution is 7.97. The number of aryl methyl sites for hydroxylation is 1. The Balaban J connectivity index is 1.60. The molecule has 0 bridgehead atoms. The second-order valence-electron chi connectivity index (χ2n) is 9.72. The SMILES string of the molecule is CSCc1c2ccccc2c2c[nH]c3/c(=c4\ccc5c(C)c6ccccc6c6n[nH]c4c56)ccc1c32. The fourth-order valence-electron chi connectivity index (χ4n) is 6.39. The second kappa shape index (κ2) is 7.25. The van der Waals surface area contributed by atoms with Crippen LogP contribution in [-0.2, 0) is 5.75 Å². The van der Waals surface area contributed by atoms with Gasteiger partial charge < -0.3 is 4.98 Å². The minimum atomic E-state index is 0.994. The summed E-state index contributed by atoms with van der Waals surface area (Å²) >= 11 is 1.88. The van der Waals surface area contributed by atoms with Crippen LogP contribution in [0.1, 0.15) is 11.1 Å². The van der Waals surface area contributed by atoms with Gasteiger partial charge in [-0.25, -0.2) is 0 Å². The number of aromatic amines is 2. The first kappa shape index (κ1) is 20.2. The number of fused-ring (bicyclic) bond motifs is 4. The van der Waals surface area contributed by atoms with E-state index in [1.54, 1.807) is 0 Å². The van der Waals surface area contributed by atoms with Gasteiger partial charge in [0, 0.05) is 43.9 Å². The summed E-state index contributed by atoms with van der Waals surface area (Å²) in [6, 6.07) is 26.6. The van der Waals surface area contributed by atoms with Gasteiger partial charge >= 0.3 is 0 Å². The first-order valence-electron chi connectivity index (χ1n) is 12.3. The maximum atomic E-state index is 4.83. The lowest BCUT2D eigenvalue weighted by Crippen LogP contribution is -1.90. The van der Waals surface area contributed by atoms with E-state index in [9.17, 15) is 0 Å². The van der Waals surface area contributed by atoms with Crippen LogP contribution in [0.4, 0.5) is 0 Å². The normalized spacial score (nSPS) is 13.4. The Hall–Kier alpha value is -4.02. The van der Waals surface area contributed by atoms with Crippen molar-refractivity contribution in [2.24, 2.45) is 0 Å². The van der Waals surface area contributed by atoms with Crippen molar-refractivity contribution in [2.75, 3.05) is 6.26 Å². The third-order valence-corrected chi connectivity index (χ3v) is 8.57. The summed E-state index contributed by atoms with van der Waals surface area (Å²) in [5.74, 6) is 0.994. The molecular weight excluding hydrogens is 458 g/mol. The van der Waals surface area contributed by atoms with Crippen molar-refractivity contribution < 1.29 is 0 Å². The molecule has 0 saturated carbocycles. The van der Waals surface area contributed by atoms with Crippen LogP contribution in [0, 0.1) is 17.4 Å². The molecule has 0 fully saturated rings. The molecule has 172 valence electrons. The van der Waals surface area contributed by atoms with Crippen LogP contribution in [0.2, 0.25) is 0 Å². The Morgan fingerprint density at radius 1 is 0.667 bits per heavy atom. The van der Waals surface area contributed by atoms with E-state index in [1.807, 2.05) is 11.8 Å². The Morgan fingerprint density at radius 2 is 1.36 bits per heavy atom. The lowest BCUT2D eigenvalue weighted by molar-refractivity contribution is 1.15. The monoisotopic (exact) mass is 481 g/mol. The van der Waals surface area contributed by atoms with Gasteiger partial charge in [-0.2, -0.15) is 16.9 Å².